The standard InChI is InChI=1S/C19H20BrNO3/c1-13-11-14(8-9-17(13)20)21-19(22)16-6-2-3-7-18(16)24-12-15-5-4-10-23-15/h2-3,6-9,11,15H,4-5,10,12H2,1H3,(H,21,22)/t15-/m0/s1. The summed E-state index contributed by atoms with van der Waals surface area (Å²) in [5.74, 6) is 0.402. The van der Waals surface area contributed by atoms with Gasteiger partial charge in [-0.15, -0.1) is 0 Å². The molecule has 1 N–H and O–H groups in total. The topological polar surface area (TPSA) is 47.6 Å². The van der Waals surface area contributed by atoms with Crippen molar-refractivity contribution >= 4 is 27.5 Å². The first-order valence-electron chi connectivity index (χ1n) is 8.04. The number of nitrogens with one attached hydrogen (secondary N) is 1. The Morgan fingerprint density at radius 3 is 2.92 bits per heavy atom. The number of ether oxygens (including phenoxy) is 2. The summed E-state index contributed by atoms with van der Waals surface area (Å²) in [5.41, 5.74) is 2.35. The highest BCUT2D eigenvalue weighted by atomic mass is 79.9. The molecule has 1 heterocycles. The first-order valence-corrected chi connectivity index (χ1v) is 8.84. The summed E-state index contributed by atoms with van der Waals surface area (Å²) in [5, 5.41) is 2.92. The van der Waals surface area contributed by atoms with Crippen LogP contribution in [0.2, 0.25) is 0 Å². The summed E-state index contributed by atoms with van der Waals surface area (Å²) in [6.45, 7) is 3.25. The number of halogens is 1. The minimum atomic E-state index is -0.181. The van der Waals surface area contributed by atoms with E-state index in [1.54, 1.807) is 6.07 Å². The van der Waals surface area contributed by atoms with Crippen LogP contribution in [0.15, 0.2) is 46.9 Å². The normalized spacial score (nSPS) is 16.8. The molecule has 1 saturated heterocycles. The molecule has 1 atom stereocenters. The van der Waals surface area contributed by atoms with Gasteiger partial charge in [-0.05, 0) is 55.7 Å². The van der Waals surface area contributed by atoms with Crippen LogP contribution in [0.3, 0.4) is 0 Å². The van der Waals surface area contributed by atoms with Crippen molar-refractivity contribution in [3.63, 3.8) is 0 Å². The number of hydrogen-bond acceptors (Lipinski definition) is 3. The maximum atomic E-state index is 12.6. The van der Waals surface area contributed by atoms with E-state index in [0.29, 0.717) is 17.9 Å². The van der Waals surface area contributed by atoms with E-state index < -0.39 is 0 Å². The highest BCUT2D eigenvalue weighted by Gasteiger charge is 2.18. The fourth-order valence-electron chi connectivity index (χ4n) is 2.66. The highest BCUT2D eigenvalue weighted by molar-refractivity contribution is 9.10. The molecule has 0 bridgehead atoms. The van der Waals surface area contributed by atoms with Crippen molar-refractivity contribution in [2.75, 3.05) is 18.5 Å². The Morgan fingerprint density at radius 1 is 1.33 bits per heavy atom. The Balaban J connectivity index is 1.70. The molecule has 0 aliphatic carbocycles. The molecule has 2 aromatic rings. The van der Waals surface area contributed by atoms with Crippen molar-refractivity contribution in [3.05, 3.63) is 58.1 Å². The predicted octanol–water partition coefficient (Wildman–Crippen LogP) is 4.57. The van der Waals surface area contributed by atoms with Gasteiger partial charge in [-0.1, -0.05) is 28.1 Å². The van der Waals surface area contributed by atoms with E-state index in [4.69, 9.17) is 9.47 Å². The Labute approximate surface area is 150 Å². The summed E-state index contributed by atoms with van der Waals surface area (Å²) < 4.78 is 12.4. The van der Waals surface area contributed by atoms with Crippen LogP contribution in [0.1, 0.15) is 28.8 Å². The molecule has 1 fully saturated rings. The third-order valence-corrected chi connectivity index (χ3v) is 4.89. The zero-order chi connectivity index (χ0) is 16.9. The zero-order valence-corrected chi connectivity index (χ0v) is 15.1. The minimum absolute atomic E-state index is 0.121. The van der Waals surface area contributed by atoms with Gasteiger partial charge in [0.15, 0.2) is 0 Å². The summed E-state index contributed by atoms with van der Waals surface area (Å²) in [4.78, 5) is 12.6. The molecule has 1 amide bonds. The maximum absolute atomic E-state index is 12.6. The van der Waals surface area contributed by atoms with Crippen LogP contribution in [-0.4, -0.2) is 25.2 Å². The summed E-state index contributed by atoms with van der Waals surface area (Å²) in [7, 11) is 0. The van der Waals surface area contributed by atoms with Crippen LogP contribution in [0.4, 0.5) is 5.69 Å². The average molecular weight is 390 g/mol. The molecule has 5 heteroatoms. The van der Waals surface area contributed by atoms with E-state index in [2.05, 4.69) is 21.2 Å². The number of carbonyl (C=O) groups excluding carboxylic acids is 1. The first kappa shape index (κ1) is 17.0. The Morgan fingerprint density at radius 2 is 2.17 bits per heavy atom. The minimum Gasteiger partial charge on any atom is -0.490 e. The quantitative estimate of drug-likeness (QED) is 0.814. The van der Waals surface area contributed by atoms with Crippen LogP contribution >= 0.6 is 15.9 Å². The zero-order valence-electron chi connectivity index (χ0n) is 13.5. The molecule has 3 rings (SSSR count). The lowest BCUT2D eigenvalue weighted by molar-refractivity contribution is 0.0673. The van der Waals surface area contributed by atoms with Gasteiger partial charge in [0.1, 0.15) is 12.4 Å². The highest BCUT2D eigenvalue weighted by Crippen LogP contribution is 2.24. The molecule has 1 aliphatic rings. The van der Waals surface area contributed by atoms with Gasteiger partial charge in [0.05, 0.1) is 11.7 Å². The van der Waals surface area contributed by atoms with Crippen molar-refractivity contribution in [2.45, 2.75) is 25.9 Å². The van der Waals surface area contributed by atoms with Crippen molar-refractivity contribution in [1.82, 2.24) is 0 Å². The molecule has 0 radical (unpaired) electrons. The van der Waals surface area contributed by atoms with E-state index in [1.807, 2.05) is 43.3 Å². The Hall–Kier alpha value is -1.85. The largest absolute Gasteiger partial charge is 0.490 e. The van der Waals surface area contributed by atoms with E-state index in [9.17, 15) is 4.79 Å². The lowest BCUT2D eigenvalue weighted by Gasteiger charge is -2.14. The fraction of sp³-hybridized carbons (Fsp3) is 0.316. The second-order valence-electron chi connectivity index (χ2n) is 5.86. The number of aryl methyl sites for hydroxylation is 1. The summed E-state index contributed by atoms with van der Waals surface area (Å²) in [6.07, 6.45) is 2.20. The van der Waals surface area contributed by atoms with Crippen molar-refractivity contribution in [2.24, 2.45) is 0 Å². The van der Waals surface area contributed by atoms with E-state index in [-0.39, 0.29) is 12.0 Å². The molecule has 2 aromatic carbocycles. The number of carbonyl (C=O) groups is 1. The average Bonchev–Trinajstić information content (AvgIpc) is 3.10. The molecule has 0 unspecified atom stereocenters. The predicted molar refractivity (Wildman–Crippen MR) is 97.7 cm³/mol. The lowest BCUT2D eigenvalue weighted by Crippen LogP contribution is -2.19. The molecular formula is C19H20BrNO3. The van der Waals surface area contributed by atoms with E-state index >= 15 is 0 Å². The van der Waals surface area contributed by atoms with Gasteiger partial charge in [0, 0.05) is 16.8 Å². The Kier molecular flexibility index (Phi) is 5.53. The smallest absolute Gasteiger partial charge is 0.259 e. The molecule has 126 valence electrons. The van der Waals surface area contributed by atoms with Crippen LogP contribution < -0.4 is 10.1 Å². The SMILES string of the molecule is Cc1cc(NC(=O)c2ccccc2OC[C@@H]2CCCO2)ccc1Br. The van der Waals surface area contributed by atoms with Gasteiger partial charge in [-0.2, -0.15) is 0 Å². The molecule has 0 saturated carbocycles. The van der Waals surface area contributed by atoms with Crippen LogP contribution in [0.25, 0.3) is 0 Å². The van der Waals surface area contributed by atoms with Crippen molar-refractivity contribution in [3.8, 4) is 5.75 Å². The maximum Gasteiger partial charge on any atom is 0.259 e. The molecule has 4 nitrogen and oxygen atoms in total. The number of amides is 1. The molecule has 1 aliphatic heterocycles. The van der Waals surface area contributed by atoms with Crippen LogP contribution in [-0.2, 0) is 4.74 Å². The van der Waals surface area contributed by atoms with Gasteiger partial charge in [0.2, 0.25) is 0 Å². The molecule has 0 aromatic heterocycles. The van der Waals surface area contributed by atoms with E-state index in [0.717, 1.165) is 35.2 Å². The molecule has 24 heavy (non-hydrogen) atoms. The second-order valence-corrected chi connectivity index (χ2v) is 6.71. The summed E-state index contributed by atoms with van der Waals surface area (Å²) in [6, 6.07) is 13.0. The third-order valence-electron chi connectivity index (χ3n) is 4.00. The molecular weight excluding hydrogens is 370 g/mol. The monoisotopic (exact) mass is 389 g/mol. The number of rotatable bonds is 5. The van der Waals surface area contributed by atoms with Gasteiger partial charge >= 0.3 is 0 Å². The Bertz CT molecular complexity index is 726. The third kappa shape index (κ3) is 4.16. The molecule has 0 spiro atoms. The number of hydrogen-bond donors (Lipinski definition) is 1. The fourth-order valence-corrected chi connectivity index (χ4v) is 2.91. The van der Waals surface area contributed by atoms with Crippen LogP contribution in [0.5, 0.6) is 5.75 Å². The lowest BCUT2D eigenvalue weighted by atomic mass is 10.1. The summed E-state index contributed by atoms with van der Waals surface area (Å²) >= 11 is 3.46. The van der Waals surface area contributed by atoms with E-state index in [1.165, 1.54) is 0 Å². The van der Waals surface area contributed by atoms with Crippen molar-refractivity contribution in [1.29, 1.82) is 0 Å². The van der Waals surface area contributed by atoms with Gasteiger partial charge in [0.25, 0.3) is 5.91 Å². The second kappa shape index (κ2) is 7.81. The van der Waals surface area contributed by atoms with Crippen LogP contribution in [0, 0.1) is 6.92 Å². The van der Waals surface area contributed by atoms with Gasteiger partial charge in [-0.25, -0.2) is 0 Å². The van der Waals surface area contributed by atoms with Gasteiger partial charge < -0.3 is 14.8 Å². The number of benzene rings is 2. The van der Waals surface area contributed by atoms with Crippen molar-refractivity contribution < 1.29 is 14.3 Å². The van der Waals surface area contributed by atoms with Gasteiger partial charge in [-0.3, -0.25) is 4.79 Å². The number of para-hydroxylation sites is 1. The number of anilines is 1. The first-order chi connectivity index (χ1) is 11.6.